The van der Waals surface area contributed by atoms with Gasteiger partial charge in [0, 0.05) is 18.2 Å². The number of rotatable bonds is 7. The molecule has 1 atom stereocenters. The highest BCUT2D eigenvalue weighted by Crippen LogP contribution is 2.35. The van der Waals surface area contributed by atoms with Crippen LogP contribution in [-0.2, 0) is 11.3 Å². The molecule has 1 fully saturated rings. The Morgan fingerprint density at radius 2 is 1.91 bits per heavy atom. The number of aldehydes is 1. The van der Waals surface area contributed by atoms with Gasteiger partial charge in [0.05, 0.1) is 24.3 Å². The molecule has 2 aromatic rings. The van der Waals surface area contributed by atoms with Gasteiger partial charge in [0.2, 0.25) is 0 Å². The normalized spacial score (nSPS) is 18.6. The van der Waals surface area contributed by atoms with Crippen LogP contribution in [0.1, 0.15) is 53.2 Å². The van der Waals surface area contributed by atoms with Crippen molar-refractivity contribution in [3.05, 3.63) is 76.1 Å². The quantitative estimate of drug-likeness (QED) is 0.554. The van der Waals surface area contributed by atoms with Crippen LogP contribution in [0.3, 0.4) is 0 Å². The molecular weight excluding hydrogens is 430 g/mol. The lowest BCUT2D eigenvalue weighted by atomic mass is 9.99. The monoisotopic (exact) mass is 456 g/mol. The first-order valence-corrected chi connectivity index (χ1v) is 10.8. The summed E-state index contributed by atoms with van der Waals surface area (Å²) in [5.41, 5.74) is 9.79. The maximum Gasteiger partial charge on any atom is 0.255 e. The third-order valence-electron chi connectivity index (χ3n) is 6.23. The Morgan fingerprint density at radius 1 is 1.24 bits per heavy atom. The number of methoxy groups -OCH3 is 1. The number of carbonyl (C=O) groups excluding carboxylic acids is 2. The van der Waals surface area contributed by atoms with Crippen LogP contribution in [0.2, 0.25) is 0 Å². The average Bonchev–Trinajstić information content (AvgIpc) is 3.45. The zero-order valence-corrected chi connectivity index (χ0v) is 18.2. The van der Waals surface area contributed by atoms with Gasteiger partial charge in [0.15, 0.2) is 6.29 Å². The van der Waals surface area contributed by atoms with E-state index in [9.17, 15) is 18.4 Å². The van der Waals surface area contributed by atoms with Crippen molar-refractivity contribution in [2.75, 3.05) is 7.11 Å². The molecule has 0 radical (unpaired) electrons. The number of hydrogen-bond acceptors (Lipinski definition) is 6. The van der Waals surface area contributed by atoms with Crippen LogP contribution >= 0.6 is 0 Å². The van der Waals surface area contributed by atoms with E-state index >= 15 is 0 Å². The lowest BCUT2D eigenvalue weighted by molar-refractivity contribution is -0.105. The van der Waals surface area contributed by atoms with Gasteiger partial charge in [-0.15, -0.1) is 0 Å². The van der Waals surface area contributed by atoms with Crippen molar-refractivity contribution in [3.63, 3.8) is 0 Å². The van der Waals surface area contributed by atoms with Crippen LogP contribution in [0.25, 0.3) is 0 Å². The molecule has 0 saturated heterocycles. The minimum absolute atomic E-state index is 0.143. The third kappa shape index (κ3) is 4.41. The molecule has 7 nitrogen and oxygen atoms in total. The van der Waals surface area contributed by atoms with Gasteiger partial charge in [-0.1, -0.05) is 25.0 Å². The van der Waals surface area contributed by atoms with Gasteiger partial charge in [-0.2, -0.15) is 0 Å². The Bertz CT molecular complexity index is 1080. The number of nitrogens with two attached hydrogens (primary N) is 1. The Morgan fingerprint density at radius 3 is 2.55 bits per heavy atom. The predicted octanol–water partition coefficient (Wildman–Crippen LogP) is 3.08. The number of hydrogen-bond donors (Lipinski definition) is 3. The largest absolute Gasteiger partial charge is 0.496 e. The highest BCUT2D eigenvalue weighted by atomic mass is 19.1. The fraction of sp³-hybridized carbons (Fsp3) is 0.333. The summed E-state index contributed by atoms with van der Waals surface area (Å²) in [4.78, 5) is 24.2. The molecule has 4 rings (SSSR count). The van der Waals surface area contributed by atoms with Gasteiger partial charge in [-0.05, 0) is 42.7 Å². The molecule has 1 aliphatic heterocycles. The zero-order chi connectivity index (χ0) is 23.5. The maximum atomic E-state index is 14.9. The highest BCUT2D eigenvalue weighted by molar-refractivity contribution is 5.96. The average molecular weight is 456 g/mol. The van der Waals surface area contributed by atoms with Gasteiger partial charge in [0.25, 0.3) is 5.91 Å². The van der Waals surface area contributed by atoms with Crippen LogP contribution in [0.4, 0.5) is 8.78 Å². The zero-order valence-electron chi connectivity index (χ0n) is 18.2. The summed E-state index contributed by atoms with van der Waals surface area (Å²) in [7, 11) is 1.43. The summed E-state index contributed by atoms with van der Waals surface area (Å²) < 4.78 is 34.9. The number of carbonyl (C=O) groups is 2. The van der Waals surface area contributed by atoms with Crippen molar-refractivity contribution in [3.8, 4) is 5.75 Å². The number of para-hydroxylation sites is 1. The van der Waals surface area contributed by atoms with E-state index < -0.39 is 23.6 Å². The van der Waals surface area contributed by atoms with E-state index in [0.717, 1.165) is 25.7 Å². The number of benzene rings is 2. The minimum atomic E-state index is -0.824. The Balaban J connectivity index is 1.52. The summed E-state index contributed by atoms with van der Waals surface area (Å²) in [6.45, 7) is -0.348. The molecule has 1 aliphatic carbocycles. The first-order valence-electron chi connectivity index (χ1n) is 10.8. The predicted molar refractivity (Wildman–Crippen MR) is 118 cm³/mol. The highest BCUT2D eigenvalue weighted by Gasteiger charge is 2.36. The van der Waals surface area contributed by atoms with Gasteiger partial charge < -0.3 is 15.8 Å². The number of amides is 1. The fourth-order valence-corrected chi connectivity index (χ4v) is 4.47. The van der Waals surface area contributed by atoms with Crippen molar-refractivity contribution in [2.24, 2.45) is 5.73 Å². The summed E-state index contributed by atoms with van der Waals surface area (Å²) in [6.07, 6.45) is 4.62. The van der Waals surface area contributed by atoms with Crippen LogP contribution in [0.15, 0.2) is 47.8 Å². The smallest absolute Gasteiger partial charge is 0.255 e. The first-order chi connectivity index (χ1) is 15.9. The van der Waals surface area contributed by atoms with E-state index in [0.29, 0.717) is 12.0 Å². The van der Waals surface area contributed by atoms with Gasteiger partial charge in [-0.3, -0.25) is 14.6 Å². The van der Waals surface area contributed by atoms with Crippen molar-refractivity contribution >= 4 is 12.2 Å². The van der Waals surface area contributed by atoms with E-state index in [-0.39, 0.29) is 40.7 Å². The lowest BCUT2D eigenvalue weighted by Gasteiger charge is -2.28. The van der Waals surface area contributed by atoms with Crippen molar-refractivity contribution in [2.45, 2.75) is 44.3 Å². The maximum absolute atomic E-state index is 14.9. The molecule has 1 amide bonds. The summed E-state index contributed by atoms with van der Waals surface area (Å²) in [5.74, 6) is -1.52. The number of nitrogens with one attached hydrogen (secondary N) is 2. The fourth-order valence-electron chi connectivity index (χ4n) is 4.47. The molecule has 2 aliphatic rings. The Hall–Kier alpha value is -3.46. The standard InChI is InChI=1S/C24H26F2N4O3/c1-33-21-9-5-4-8-16(21)24(32)28-12-17-19(25)10-14(11-20(17)26)22-18(13-31)23(27)30(29-22)15-6-2-3-7-15/h4-5,8-11,13,15,22,29H,2-3,6-7,12,27H2,1H3,(H,28,32). The van der Waals surface area contributed by atoms with E-state index in [2.05, 4.69) is 10.7 Å². The molecule has 33 heavy (non-hydrogen) atoms. The molecule has 1 unspecified atom stereocenters. The molecule has 174 valence electrons. The van der Waals surface area contributed by atoms with Crippen LogP contribution in [0.5, 0.6) is 5.75 Å². The molecule has 4 N–H and O–H groups in total. The number of nitrogens with zero attached hydrogens (tertiary/aromatic N) is 1. The second-order valence-corrected chi connectivity index (χ2v) is 8.17. The van der Waals surface area contributed by atoms with Gasteiger partial charge in [-0.25, -0.2) is 14.2 Å². The third-order valence-corrected chi connectivity index (χ3v) is 6.23. The van der Waals surface area contributed by atoms with Gasteiger partial charge in [0.1, 0.15) is 23.2 Å². The number of hydrazine groups is 1. The van der Waals surface area contributed by atoms with Crippen LogP contribution in [0, 0.1) is 11.6 Å². The van der Waals surface area contributed by atoms with Gasteiger partial charge >= 0.3 is 0 Å². The Kier molecular flexibility index (Phi) is 6.60. The number of ether oxygens (including phenoxy) is 1. The summed E-state index contributed by atoms with van der Waals surface area (Å²) in [5, 5.41) is 4.27. The van der Waals surface area contributed by atoms with E-state index in [1.807, 2.05) is 0 Å². The number of halogens is 2. The molecule has 9 heteroatoms. The molecule has 0 bridgehead atoms. The molecule has 2 aromatic carbocycles. The lowest BCUT2D eigenvalue weighted by Crippen LogP contribution is -2.42. The van der Waals surface area contributed by atoms with Crippen molar-refractivity contribution in [1.82, 2.24) is 15.8 Å². The molecule has 0 spiro atoms. The van der Waals surface area contributed by atoms with Crippen LogP contribution < -0.4 is 21.2 Å². The first kappa shape index (κ1) is 22.7. The van der Waals surface area contributed by atoms with E-state index in [1.165, 1.54) is 19.2 Å². The van der Waals surface area contributed by atoms with Crippen LogP contribution in [-0.4, -0.2) is 30.4 Å². The SMILES string of the molecule is COc1ccccc1C(=O)NCc1c(F)cc(C2NN(C3CCCC3)C(N)=C2C=O)cc1F. The summed E-state index contributed by atoms with van der Waals surface area (Å²) >= 11 is 0. The molecule has 1 heterocycles. The second kappa shape index (κ2) is 9.58. The van der Waals surface area contributed by atoms with E-state index in [1.54, 1.807) is 29.3 Å². The Labute approximate surface area is 190 Å². The van der Waals surface area contributed by atoms with Crippen molar-refractivity contribution in [1.29, 1.82) is 0 Å². The second-order valence-electron chi connectivity index (χ2n) is 8.17. The topological polar surface area (TPSA) is 96.7 Å². The molecular formula is C24H26F2N4O3. The molecule has 1 saturated carbocycles. The minimum Gasteiger partial charge on any atom is -0.496 e. The van der Waals surface area contributed by atoms with E-state index in [4.69, 9.17) is 10.5 Å². The molecule has 0 aromatic heterocycles. The summed E-state index contributed by atoms with van der Waals surface area (Å²) in [6, 6.07) is 8.30. The van der Waals surface area contributed by atoms with Crippen molar-refractivity contribution < 1.29 is 23.1 Å².